The molecular formula is C16H19ClFIN4S. The van der Waals surface area contributed by atoms with Crippen molar-refractivity contribution in [3.05, 3.63) is 59.1 Å². The van der Waals surface area contributed by atoms with Gasteiger partial charge in [-0.3, -0.25) is 9.98 Å². The van der Waals surface area contributed by atoms with E-state index in [1.165, 1.54) is 6.07 Å². The molecule has 2 rings (SSSR count). The molecule has 0 saturated heterocycles. The van der Waals surface area contributed by atoms with E-state index in [-0.39, 0.29) is 36.3 Å². The molecular weight excluding hydrogens is 462 g/mol. The van der Waals surface area contributed by atoms with Crippen LogP contribution >= 0.6 is 47.3 Å². The fraction of sp³-hybridized carbons (Fsp3) is 0.250. The molecule has 1 aromatic heterocycles. The summed E-state index contributed by atoms with van der Waals surface area (Å²) in [5.74, 6) is 1.17. The average molecular weight is 481 g/mol. The molecule has 0 bridgehead atoms. The normalized spacial score (nSPS) is 10.9. The Morgan fingerprint density at radius 3 is 2.67 bits per heavy atom. The number of hydrogen-bond donors (Lipinski definition) is 2. The standard InChI is InChI=1S/C16H18ClFN4S.HI/c1-19-16(22-11-15-14(18)3-2-8-20-15)21-9-10-23-13-6-4-12(17)5-7-13;/h2-8H,9-11H2,1H3,(H2,19,21,22);1H. The second-order valence-electron chi connectivity index (χ2n) is 4.59. The van der Waals surface area contributed by atoms with Gasteiger partial charge in [-0.1, -0.05) is 11.6 Å². The van der Waals surface area contributed by atoms with Gasteiger partial charge in [-0.05, 0) is 36.4 Å². The maximum absolute atomic E-state index is 13.5. The number of benzene rings is 1. The Labute approximate surface area is 167 Å². The van der Waals surface area contributed by atoms with Crippen molar-refractivity contribution in [3.63, 3.8) is 0 Å². The van der Waals surface area contributed by atoms with Crippen LogP contribution in [-0.2, 0) is 6.54 Å². The minimum absolute atomic E-state index is 0. The summed E-state index contributed by atoms with van der Waals surface area (Å²) in [5, 5.41) is 6.96. The van der Waals surface area contributed by atoms with E-state index < -0.39 is 0 Å². The number of guanidine groups is 1. The Balaban J connectivity index is 0.00000288. The number of aromatic nitrogens is 1. The number of hydrogen-bond acceptors (Lipinski definition) is 3. The summed E-state index contributed by atoms with van der Waals surface area (Å²) >= 11 is 7.57. The minimum Gasteiger partial charge on any atom is -0.356 e. The summed E-state index contributed by atoms with van der Waals surface area (Å²) in [4.78, 5) is 9.26. The van der Waals surface area contributed by atoms with Crippen LogP contribution < -0.4 is 10.6 Å². The lowest BCUT2D eigenvalue weighted by molar-refractivity contribution is 0.593. The van der Waals surface area contributed by atoms with Crippen LogP contribution in [0, 0.1) is 5.82 Å². The van der Waals surface area contributed by atoms with E-state index in [4.69, 9.17) is 11.6 Å². The summed E-state index contributed by atoms with van der Waals surface area (Å²) in [6.45, 7) is 1.02. The topological polar surface area (TPSA) is 49.3 Å². The highest BCUT2D eigenvalue weighted by atomic mass is 127. The van der Waals surface area contributed by atoms with Crippen LogP contribution in [0.4, 0.5) is 4.39 Å². The largest absolute Gasteiger partial charge is 0.356 e. The Kier molecular flexibility index (Phi) is 10.0. The quantitative estimate of drug-likeness (QED) is 0.216. The second kappa shape index (κ2) is 11.5. The van der Waals surface area contributed by atoms with Crippen LogP contribution in [0.5, 0.6) is 0 Å². The molecule has 1 heterocycles. The minimum atomic E-state index is -0.325. The number of pyridine rings is 1. The van der Waals surface area contributed by atoms with Crippen molar-refractivity contribution in [2.75, 3.05) is 19.3 Å². The van der Waals surface area contributed by atoms with Crippen molar-refractivity contribution in [2.24, 2.45) is 4.99 Å². The summed E-state index contributed by atoms with van der Waals surface area (Å²) in [6.07, 6.45) is 1.57. The number of nitrogens with one attached hydrogen (secondary N) is 2. The van der Waals surface area contributed by atoms with Gasteiger partial charge in [0.1, 0.15) is 5.82 Å². The molecule has 24 heavy (non-hydrogen) atoms. The van der Waals surface area contributed by atoms with Gasteiger partial charge in [-0.15, -0.1) is 35.7 Å². The van der Waals surface area contributed by atoms with E-state index in [1.807, 2.05) is 24.3 Å². The molecule has 2 aromatic rings. The highest BCUT2D eigenvalue weighted by Crippen LogP contribution is 2.19. The SMILES string of the molecule is CN=C(NCCSc1ccc(Cl)cc1)NCc1ncccc1F.I. The van der Waals surface area contributed by atoms with Crippen molar-refractivity contribution in [3.8, 4) is 0 Å². The fourth-order valence-electron chi connectivity index (χ4n) is 1.81. The van der Waals surface area contributed by atoms with Gasteiger partial charge < -0.3 is 10.6 Å². The molecule has 0 unspecified atom stereocenters. The van der Waals surface area contributed by atoms with Crippen LogP contribution in [-0.4, -0.2) is 30.3 Å². The van der Waals surface area contributed by atoms with Crippen molar-refractivity contribution < 1.29 is 4.39 Å². The molecule has 0 radical (unpaired) electrons. The summed E-state index contributed by atoms with van der Waals surface area (Å²) < 4.78 is 13.5. The first-order valence-corrected chi connectivity index (χ1v) is 8.47. The highest BCUT2D eigenvalue weighted by molar-refractivity contribution is 14.0. The fourth-order valence-corrected chi connectivity index (χ4v) is 2.70. The first kappa shape index (κ1) is 21.0. The molecule has 4 nitrogen and oxygen atoms in total. The monoisotopic (exact) mass is 480 g/mol. The van der Waals surface area contributed by atoms with E-state index in [9.17, 15) is 4.39 Å². The van der Waals surface area contributed by atoms with Gasteiger partial charge >= 0.3 is 0 Å². The lowest BCUT2D eigenvalue weighted by Crippen LogP contribution is -2.38. The summed E-state index contributed by atoms with van der Waals surface area (Å²) in [5.41, 5.74) is 0.367. The van der Waals surface area contributed by atoms with Crippen LogP contribution in [0.2, 0.25) is 5.02 Å². The Morgan fingerprint density at radius 1 is 1.25 bits per heavy atom. The van der Waals surface area contributed by atoms with E-state index >= 15 is 0 Å². The third-order valence-corrected chi connectivity index (χ3v) is 4.22. The van der Waals surface area contributed by atoms with E-state index in [1.54, 1.807) is 31.1 Å². The van der Waals surface area contributed by atoms with Gasteiger partial charge in [-0.25, -0.2) is 4.39 Å². The number of rotatable bonds is 6. The van der Waals surface area contributed by atoms with Crippen LogP contribution in [0.15, 0.2) is 52.5 Å². The van der Waals surface area contributed by atoms with Crippen LogP contribution in [0.3, 0.4) is 0 Å². The zero-order chi connectivity index (χ0) is 16.5. The second-order valence-corrected chi connectivity index (χ2v) is 6.19. The first-order chi connectivity index (χ1) is 11.2. The van der Waals surface area contributed by atoms with E-state index in [0.29, 0.717) is 11.7 Å². The summed E-state index contributed by atoms with van der Waals surface area (Å²) in [7, 11) is 1.68. The third kappa shape index (κ3) is 7.23. The zero-order valence-electron chi connectivity index (χ0n) is 13.1. The molecule has 1 aromatic carbocycles. The molecule has 0 amide bonds. The molecule has 0 aliphatic rings. The molecule has 2 N–H and O–H groups in total. The Morgan fingerprint density at radius 2 is 2.00 bits per heavy atom. The van der Waals surface area contributed by atoms with Crippen molar-refractivity contribution in [1.82, 2.24) is 15.6 Å². The predicted octanol–water partition coefficient (Wildman–Crippen LogP) is 3.95. The molecule has 0 atom stereocenters. The maximum atomic E-state index is 13.5. The Hall–Kier alpha value is -1.06. The lowest BCUT2D eigenvalue weighted by atomic mass is 10.3. The first-order valence-electron chi connectivity index (χ1n) is 7.11. The molecule has 0 saturated carbocycles. The maximum Gasteiger partial charge on any atom is 0.191 e. The number of nitrogens with zero attached hydrogens (tertiary/aromatic N) is 2. The highest BCUT2D eigenvalue weighted by Gasteiger charge is 2.03. The van der Waals surface area contributed by atoms with E-state index in [0.717, 1.165) is 22.2 Å². The van der Waals surface area contributed by atoms with Gasteiger partial charge in [0.2, 0.25) is 0 Å². The van der Waals surface area contributed by atoms with Gasteiger partial charge in [0.25, 0.3) is 0 Å². The van der Waals surface area contributed by atoms with Gasteiger partial charge in [0.05, 0.1) is 12.2 Å². The van der Waals surface area contributed by atoms with Gasteiger partial charge in [-0.2, -0.15) is 0 Å². The average Bonchev–Trinajstić information content (AvgIpc) is 2.57. The number of halogens is 3. The molecule has 0 spiro atoms. The smallest absolute Gasteiger partial charge is 0.191 e. The van der Waals surface area contributed by atoms with Crippen molar-refractivity contribution >= 4 is 53.3 Å². The van der Waals surface area contributed by atoms with Gasteiger partial charge in [0, 0.05) is 35.5 Å². The molecule has 0 fully saturated rings. The van der Waals surface area contributed by atoms with Crippen molar-refractivity contribution in [2.45, 2.75) is 11.4 Å². The molecule has 0 aliphatic carbocycles. The van der Waals surface area contributed by atoms with Crippen LogP contribution in [0.1, 0.15) is 5.69 Å². The molecule has 130 valence electrons. The third-order valence-electron chi connectivity index (χ3n) is 2.96. The number of aliphatic imine (C=N–C) groups is 1. The van der Waals surface area contributed by atoms with E-state index in [2.05, 4.69) is 20.6 Å². The summed E-state index contributed by atoms with van der Waals surface area (Å²) in [6, 6.07) is 10.7. The predicted molar refractivity (Wildman–Crippen MR) is 110 cm³/mol. The van der Waals surface area contributed by atoms with Crippen LogP contribution in [0.25, 0.3) is 0 Å². The zero-order valence-corrected chi connectivity index (χ0v) is 17.0. The molecule has 8 heteroatoms. The van der Waals surface area contributed by atoms with Crippen molar-refractivity contribution in [1.29, 1.82) is 0 Å². The van der Waals surface area contributed by atoms with Gasteiger partial charge in [0.15, 0.2) is 5.96 Å². The lowest BCUT2D eigenvalue weighted by Gasteiger charge is -2.11. The molecule has 0 aliphatic heterocycles. The number of thioether (sulfide) groups is 1. The Bertz CT molecular complexity index is 655.